The first-order chi connectivity index (χ1) is 8.27. The van der Waals surface area contributed by atoms with Crippen molar-refractivity contribution < 1.29 is 0 Å². The standard InChI is InChI=1S/C16H17P/c1-17(2)16(15-11-7-4-8-12-15)13-14-9-5-3-6-10-14/h3-13H,1-2H3. The van der Waals surface area contributed by atoms with E-state index >= 15 is 0 Å². The van der Waals surface area contributed by atoms with Crippen LogP contribution in [0, 0.1) is 0 Å². The van der Waals surface area contributed by atoms with Crippen molar-refractivity contribution in [2.24, 2.45) is 0 Å². The predicted molar refractivity (Wildman–Crippen MR) is 79.5 cm³/mol. The summed E-state index contributed by atoms with van der Waals surface area (Å²) in [5.41, 5.74) is 2.62. The van der Waals surface area contributed by atoms with Crippen LogP contribution in [-0.2, 0) is 0 Å². The molecule has 86 valence electrons. The van der Waals surface area contributed by atoms with E-state index in [1.165, 1.54) is 16.4 Å². The third kappa shape index (κ3) is 3.28. The van der Waals surface area contributed by atoms with Gasteiger partial charge in [-0.1, -0.05) is 68.6 Å². The van der Waals surface area contributed by atoms with Gasteiger partial charge in [0.05, 0.1) is 0 Å². The van der Waals surface area contributed by atoms with Crippen molar-refractivity contribution in [2.75, 3.05) is 13.3 Å². The van der Waals surface area contributed by atoms with Crippen LogP contribution in [0.1, 0.15) is 11.1 Å². The average molecular weight is 240 g/mol. The lowest BCUT2D eigenvalue weighted by Gasteiger charge is -2.12. The molecule has 0 heterocycles. The summed E-state index contributed by atoms with van der Waals surface area (Å²) in [6, 6.07) is 21.2. The first-order valence-electron chi connectivity index (χ1n) is 5.77. The molecule has 1 heteroatoms. The maximum Gasteiger partial charge on any atom is -0.0168 e. The van der Waals surface area contributed by atoms with Crippen molar-refractivity contribution in [3.63, 3.8) is 0 Å². The Kier molecular flexibility index (Phi) is 4.12. The topological polar surface area (TPSA) is 0 Å². The molecule has 2 aromatic rings. The van der Waals surface area contributed by atoms with E-state index in [0.717, 1.165) is 0 Å². The highest BCUT2D eigenvalue weighted by Gasteiger charge is 2.05. The molecule has 0 aliphatic carbocycles. The van der Waals surface area contributed by atoms with Crippen molar-refractivity contribution in [1.82, 2.24) is 0 Å². The fourth-order valence-electron chi connectivity index (χ4n) is 1.79. The number of hydrogen-bond acceptors (Lipinski definition) is 0. The number of benzene rings is 2. The molecule has 0 N–H and O–H groups in total. The van der Waals surface area contributed by atoms with E-state index in [-0.39, 0.29) is 7.92 Å². The van der Waals surface area contributed by atoms with Crippen molar-refractivity contribution in [2.45, 2.75) is 0 Å². The zero-order valence-corrected chi connectivity index (χ0v) is 11.2. The van der Waals surface area contributed by atoms with Crippen LogP contribution in [0.5, 0.6) is 0 Å². The molecule has 0 saturated carbocycles. The summed E-state index contributed by atoms with van der Waals surface area (Å²) in [4.78, 5) is 0. The van der Waals surface area contributed by atoms with Crippen LogP contribution in [0.2, 0.25) is 0 Å². The van der Waals surface area contributed by atoms with Crippen molar-refractivity contribution in [3.8, 4) is 0 Å². The molecule has 0 radical (unpaired) electrons. The van der Waals surface area contributed by atoms with E-state index in [2.05, 4.69) is 80.1 Å². The Hall–Kier alpha value is -1.39. The molecule has 0 nitrogen and oxygen atoms in total. The molecule has 0 aromatic heterocycles. The maximum absolute atomic E-state index is 2.31. The molecule has 0 saturated heterocycles. The smallest absolute Gasteiger partial charge is 0.0168 e. The summed E-state index contributed by atoms with van der Waals surface area (Å²) in [7, 11) is -0.103. The Morgan fingerprint density at radius 2 is 1.35 bits per heavy atom. The lowest BCUT2D eigenvalue weighted by molar-refractivity contribution is 1.63. The number of rotatable bonds is 3. The molecule has 17 heavy (non-hydrogen) atoms. The Labute approximate surface area is 105 Å². The van der Waals surface area contributed by atoms with Gasteiger partial charge in [0.2, 0.25) is 0 Å². The van der Waals surface area contributed by atoms with Gasteiger partial charge < -0.3 is 0 Å². The quantitative estimate of drug-likeness (QED) is 0.527. The van der Waals surface area contributed by atoms with Crippen molar-refractivity contribution >= 4 is 19.3 Å². The minimum absolute atomic E-state index is 0.103. The fourth-order valence-corrected chi connectivity index (χ4v) is 2.86. The van der Waals surface area contributed by atoms with E-state index < -0.39 is 0 Å². The van der Waals surface area contributed by atoms with Gasteiger partial charge in [0.15, 0.2) is 0 Å². The summed E-state index contributed by atoms with van der Waals surface area (Å²) in [6.45, 7) is 4.61. The summed E-state index contributed by atoms with van der Waals surface area (Å²) < 4.78 is 0. The first-order valence-corrected chi connectivity index (χ1v) is 8.00. The second-order valence-corrected chi connectivity index (χ2v) is 6.47. The molecule has 0 aliphatic rings. The third-order valence-electron chi connectivity index (χ3n) is 2.65. The van der Waals surface area contributed by atoms with Gasteiger partial charge >= 0.3 is 0 Å². The van der Waals surface area contributed by atoms with Crippen LogP contribution in [0.25, 0.3) is 11.4 Å². The Bertz CT molecular complexity index is 483. The Balaban J connectivity index is 2.40. The third-order valence-corrected chi connectivity index (χ3v) is 4.01. The molecule has 0 amide bonds. The van der Waals surface area contributed by atoms with E-state index in [0.29, 0.717) is 0 Å². The SMILES string of the molecule is CP(C)C(=Cc1ccccc1)c1ccccc1. The zero-order chi connectivity index (χ0) is 12.1. The molecule has 0 unspecified atom stereocenters. The van der Waals surface area contributed by atoms with Gasteiger partial charge in [-0.25, -0.2) is 0 Å². The predicted octanol–water partition coefficient (Wildman–Crippen LogP) is 4.93. The van der Waals surface area contributed by atoms with Crippen LogP contribution in [0.15, 0.2) is 60.7 Å². The van der Waals surface area contributed by atoms with Crippen molar-refractivity contribution in [3.05, 3.63) is 71.8 Å². The molecular weight excluding hydrogens is 223 g/mol. The van der Waals surface area contributed by atoms with Crippen LogP contribution in [-0.4, -0.2) is 13.3 Å². The van der Waals surface area contributed by atoms with Gasteiger partial charge in [0, 0.05) is 0 Å². The van der Waals surface area contributed by atoms with Gasteiger partial charge in [-0.2, -0.15) is 0 Å². The zero-order valence-electron chi connectivity index (χ0n) is 10.3. The van der Waals surface area contributed by atoms with Gasteiger partial charge in [-0.15, -0.1) is 0 Å². The van der Waals surface area contributed by atoms with E-state index in [1.807, 2.05) is 0 Å². The monoisotopic (exact) mass is 240 g/mol. The summed E-state index contributed by atoms with van der Waals surface area (Å²) in [6.07, 6.45) is 2.31. The molecule has 0 fully saturated rings. The highest BCUT2D eigenvalue weighted by molar-refractivity contribution is 7.67. The number of hydrogen-bond donors (Lipinski definition) is 0. The van der Waals surface area contributed by atoms with Crippen LogP contribution in [0.3, 0.4) is 0 Å². The minimum Gasteiger partial charge on any atom is -0.0810 e. The van der Waals surface area contributed by atoms with Crippen molar-refractivity contribution in [1.29, 1.82) is 0 Å². The molecular formula is C16H17P. The molecule has 2 aromatic carbocycles. The second kappa shape index (κ2) is 5.80. The maximum atomic E-state index is 2.31. The molecule has 2 rings (SSSR count). The fraction of sp³-hybridized carbons (Fsp3) is 0.125. The Morgan fingerprint density at radius 3 is 1.88 bits per heavy atom. The first kappa shape index (κ1) is 12.1. The van der Waals surface area contributed by atoms with Gasteiger partial charge in [-0.05, 0) is 35.8 Å². The Morgan fingerprint density at radius 1 is 0.824 bits per heavy atom. The molecule has 0 atom stereocenters. The summed E-state index contributed by atoms with van der Waals surface area (Å²) >= 11 is 0. The van der Waals surface area contributed by atoms with E-state index in [1.54, 1.807) is 0 Å². The van der Waals surface area contributed by atoms with E-state index in [9.17, 15) is 0 Å². The minimum atomic E-state index is -0.103. The average Bonchev–Trinajstić information content (AvgIpc) is 2.38. The second-order valence-electron chi connectivity index (χ2n) is 4.20. The molecule has 0 bridgehead atoms. The molecule has 0 aliphatic heterocycles. The highest BCUT2D eigenvalue weighted by Crippen LogP contribution is 2.44. The summed E-state index contributed by atoms with van der Waals surface area (Å²) in [5.74, 6) is 0. The van der Waals surface area contributed by atoms with Gasteiger partial charge in [0.1, 0.15) is 0 Å². The van der Waals surface area contributed by atoms with E-state index in [4.69, 9.17) is 0 Å². The van der Waals surface area contributed by atoms with Gasteiger partial charge in [0.25, 0.3) is 0 Å². The highest BCUT2D eigenvalue weighted by atomic mass is 31.1. The molecule has 0 spiro atoms. The lowest BCUT2D eigenvalue weighted by Crippen LogP contribution is -1.82. The largest absolute Gasteiger partial charge is 0.0810 e. The van der Waals surface area contributed by atoms with Crippen LogP contribution < -0.4 is 0 Å². The normalized spacial score (nSPS) is 11.8. The van der Waals surface area contributed by atoms with Crippen LogP contribution in [0.4, 0.5) is 0 Å². The lowest BCUT2D eigenvalue weighted by atomic mass is 10.1. The summed E-state index contributed by atoms with van der Waals surface area (Å²) in [5, 5.41) is 1.45. The van der Waals surface area contributed by atoms with Gasteiger partial charge in [-0.3, -0.25) is 0 Å². The van der Waals surface area contributed by atoms with Crippen LogP contribution >= 0.6 is 7.92 Å².